The van der Waals surface area contributed by atoms with E-state index in [1.165, 1.54) is 0 Å². The molecule has 23 heavy (non-hydrogen) atoms. The lowest BCUT2D eigenvalue weighted by molar-refractivity contribution is 0.581. The van der Waals surface area contributed by atoms with Crippen LogP contribution in [0.1, 0.15) is 22.3 Å². The highest BCUT2D eigenvalue weighted by molar-refractivity contribution is 7.89. The zero-order chi connectivity index (χ0) is 16.9. The lowest BCUT2D eigenvalue weighted by atomic mass is 10.1. The van der Waals surface area contributed by atoms with Gasteiger partial charge in [-0.2, -0.15) is 0 Å². The monoisotopic (exact) mass is 330 g/mol. The van der Waals surface area contributed by atoms with Crippen LogP contribution in [0.4, 0.5) is 0 Å². The number of sulfonamides is 1. The Morgan fingerprint density at radius 2 is 1.65 bits per heavy atom. The molecule has 1 N–H and O–H groups in total. The number of benzene rings is 2. The van der Waals surface area contributed by atoms with E-state index in [1.54, 1.807) is 6.21 Å². The average molecular weight is 330 g/mol. The van der Waals surface area contributed by atoms with Crippen LogP contribution in [-0.4, -0.2) is 27.7 Å². The number of aryl methyl sites for hydroxylation is 3. The molecule has 2 rings (SSSR count). The highest BCUT2D eigenvalue weighted by atomic mass is 32.2. The van der Waals surface area contributed by atoms with Gasteiger partial charge in [0.25, 0.3) is 0 Å². The van der Waals surface area contributed by atoms with Crippen LogP contribution in [0.5, 0.6) is 0 Å². The van der Waals surface area contributed by atoms with Gasteiger partial charge in [-0.15, -0.1) is 0 Å². The van der Waals surface area contributed by atoms with E-state index in [1.807, 2.05) is 63.2 Å². The number of hydrogen-bond donors (Lipinski definition) is 1. The van der Waals surface area contributed by atoms with Crippen molar-refractivity contribution in [3.63, 3.8) is 0 Å². The van der Waals surface area contributed by atoms with Gasteiger partial charge >= 0.3 is 0 Å². The molecule has 122 valence electrons. The number of nitrogens with one attached hydrogen (secondary N) is 1. The summed E-state index contributed by atoms with van der Waals surface area (Å²) in [7, 11) is -3.51. The molecule has 0 aromatic heterocycles. The maximum Gasteiger partial charge on any atom is 0.241 e. The van der Waals surface area contributed by atoms with Crippen LogP contribution in [-0.2, 0) is 10.0 Å². The molecular weight excluding hydrogens is 308 g/mol. The van der Waals surface area contributed by atoms with Crippen LogP contribution in [0.25, 0.3) is 0 Å². The molecular formula is C18H22N2O2S. The molecule has 5 heteroatoms. The van der Waals surface area contributed by atoms with E-state index in [0.717, 1.165) is 22.3 Å². The van der Waals surface area contributed by atoms with Crippen molar-refractivity contribution >= 4 is 16.2 Å². The summed E-state index contributed by atoms with van der Waals surface area (Å²) in [5, 5.41) is 0. The minimum Gasteiger partial charge on any atom is -0.291 e. The molecule has 2 aromatic rings. The SMILES string of the molecule is Cc1cc(C)c(S(=O)(=O)NCCN=Cc2ccccc2)c(C)c1. The Bertz CT molecular complexity index is 774. The van der Waals surface area contributed by atoms with Crippen molar-refractivity contribution < 1.29 is 8.42 Å². The standard InChI is InChI=1S/C18H22N2O2S/c1-14-11-15(2)18(16(3)12-14)23(21,22)20-10-9-19-13-17-7-5-4-6-8-17/h4-8,11-13,20H,9-10H2,1-3H3. The molecule has 0 heterocycles. The van der Waals surface area contributed by atoms with Crippen molar-refractivity contribution in [2.45, 2.75) is 25.7 Å². The van der Waals surface area contributed by atoms with E-state index in [9.17, 15) is 8.42 Å². The number of aliphatic imine (C=N–C) groups is 1. The second kappa shape index (κ2) is 7.53. The zero-order valence-electron chi connectivity index (χ0n) is 13.7. The summed E-state index contributed by atoms with van der Waals surface area (Å²) >= 11 is 0. The maximum absolute atomic E-state index is 12.5. The van der Waals surface area contributed by atoms with E-state index < -0.39 is 10.0 Å². The Labute approximate surface area is 138 Å². The number of hydrogen-bond acceptors (Lipinski definition) is 3. The predicted octanol–water partition coefficient (Wildman–Crippen LogP) is 3.01. The van der Waals surface area contributed by atoms with Crippen molar-refractivity contribution in [1.82, 2.24) is 4.72 Å². The largest absolute Gasteiger partial charge is 0.291 e. The first kappa shape index (κ1) is 17.4. The normalized spacial score (nSPS) is 12.0. The van der Waals surface area contributed by atoms with Crippen LogP contribution in [0.15, 0.2) is 52.4 Å². The molecule has 0 atom stereocenters. The lowest BCUT2D eigenvalue weighted by Gasteiger charge is -2.12. The molecule has 4 nitrogen and oxygen atoms in total. The second-order valence-corrected chi connectivity index (χ2v) is 7.28. The fourth-order valence-electron chi connectivity index (χ4n) is 2.62. The number of rotatable bonds is 6. The Hall–Kier alpha value is -1.98. The van der Waals surface area contributed by atoms with Crippen LogP contribution in [0.2, 0.25) is 0 Å². The summed E-state index contributed by atoms with van der Waals surface area (Å²) in [5.74, 6) is 0. The molecule has 0 saturated carbocycles. The van der Waals surface area contributed by atoms with Crippen LogP contribution in [0, 0.1) is 20.8 Å². The van der Waals surface area contributed by atoms with E-state index in [0.29, 0.717) is 11.4 Å². The molecule has 0 bridgehead atoms. The lowest BCUT2D eigenvalue weighted by Crippen LogP contribution is -2.27. The Morgan fingerprint density at radius 1 is 1.04 bits per heavy atom. The molecule has 2 aromatic carbocycles. The van der Waals surface area contributed by atoms with Crippen molar-refractivity contribution in [2.24, 2.45) is 4.99 Å². The molecule has 0 spiro atoms. The van der Waals surface area contributed by atoms with Crippen molar-refractivity contribution in [1.29, 1.82) is 0 Å². The smallest absolute Gasteiger partial charge is 0.241 e. The van der Waals surface area contributed by atoms with Gasteiger partial charge in [-0.05, 0) is 37.5 Å². The minimum atomic E-state index is -3.51. The van der Waals surface area contributed by atoms with Gasteiger partial charge in [-0.3, -0.25) is 4.99 Å². The highest BCUT2D eigenvalue weighted by Crippen LogP contribution is 2.21. The van der Waals surface area contributed by atoms with Crippen molar-refractivity contribution in [3.05, 3.63) is 64.7 Å². The minimum absolute atomic E-state index is 0.276. The fourth-order valence-corrected chi connectivity index (χ4v) is 4.09. The van der Waals surface area contributed by atoms with Crippen molar-refractivity contribution in [2.75, 3.05) is 13.1 Å². The van der Waals surface area contributed by atoms with Gasteiger partial charge in [0.2, 0.25) is 10.0 Å². The van der Waals surface area contributed by atoms with E-state index in [4.69, 9.17) is 0 Å². The Morgan fingerprint density at radius 3 is 2.26 bits per heavy atom. The molecule has 0 aliphatic rings. The molecule has 0 fully saturated rings. The average Bonchev–Trinajstić information content (AvgIpc) is 2.46. The summed E-state index contributed by atoms with van der Waals surface area (Å²) in [4.78, 5) is 4.62. The summed E-state index contributed by atoms with van der Waals surface area (Å²) in [6.45, 7) is 6.28. The first-order valence-electron chi connectivity index (χ1n) is 7.52. The topological polar surface area (TPSA) is 58.5 Å². The van der Waals surface area contributed by atoms with Crippen molar-refractivity contribution in [3.8, 4) is 0 Å². The van der Waals surface area contributed by atoms with Gasteiger partial charge in [-0.25, -0.2) is 13.1 Å². The summed E-state index contributed by atoms with van der Waals surface area (Å²) in [6.07, 6.45) is 1.75. The molecule has 0 unspecified atom stereocenters. The van der Waals surface area contributed by atoms with E-state index >= 15 is 0 Å². The molecule has 0 aliphatic heterocycles. The molecule has 0 saturated heterocycles. The fraction of sp³-hybridized carbons (Fsp3) is 0.278. The third kappa shape index (κ3) is 4.74. The van der Waals surface area contributed by atoms with Gasteiger partial charge in [0, 0.05) is 12.8 Å². The number of nitrogens with zero attached hydrogens (tertiary/aromatic N) is 1. The first-order chi connectivity index (χ1) is 10.9. The predicted molar refractivity (Wildman–Crippen MR) is 94.7 cm³/mol. The van der Waals surface area contributed by atoms with E-state index in [-0.39, 0.29) is 6.54 Å². The summed E-state index contributed by atoms with van der Waals surface area (Å²) in [6, 6.07) is 13.5. The summed E-state index contributed by atoms with van der Waals surface area (Å²) in [5.41, 5.74) is 3.59. The molecule has 0 radical (unpaired) electrons. The van der Waals surface area contributed by atoms with Crippen LogP contribution < -0.4 is 4.72 Å². The highest BCUT2D eigenvalue weighted by Gasteiger charge is 2.18. The molecule has 0 aliphatic carbocycles. The first-order valence-corrected chi connectivity index (χ1v) is 9.01. The van der Waals surface area contributed by atoms with Gasteiger partial charge in [0.05, 0.1) is 11.4 Å². The van der Waals surface area contributed by atoms with Crippen LogP contribution in [0.3, 0.4) is 0 Å². The van der Waals surface area contributed by atoms with Gasteiger partial charge in [-0.1, -0.05) is 48.0 Å². The quantitative estimate of drug-likeness (QED) is 0.654. The maximum atomic E-state index is 12.5. The van der Waals surface area contributed by atoms with Gasteiger partial charge in [0.15, 0.2) is 0 Å². The molecule has 0 amide bonds. The van der Waals surface area contributed by atoms with Gasteiger partial charge in [0.1, 0.15) is 0 Å². The van der Waals surface area contributed by atoms with E-state index in [2.05, 4.69) is 9.71 Å². The zero-order valence-corrected chi connectivity index (χ0v) is 14.5. The third-order valence-corrected chi connectivity index (χ3v) is 5.21. The summed E-state index contributed by atoms with van der Waals surface area (Å²) < 4.78 is 27.5. The third-order valence-electron chi connectivity index (χ3n) is 3.45. The van der Waals surface area contributed by atoms with Gasteiger partial charge < -0.3 is 0 Å². The van der Waals surface area contributed by atoms with Crippen LogP contribution >= 0.6 is 0 Å². The second-order valence-electron chi connectivity index (χ2n) is 5.57. The Balaban J connectivity index is 1.99. The Kier molecular flexibility index (Phi) is 5.69.